The minimum absolute atomic E-state index is 0.0543. The summed E-state index contributed by atoms with van der Waals surface area (Å²) >= 11 is 5.99. The Bertz CT molecular complexity index is 899. The summed E-state index contributed by atoms with van der Waals surface area (Å²) in [7, 11) is 6.01. The molecule has 0 N–H and O–H groups in total. The van der Waals surface area contributed by atoms with E-state index in [1.165, 1.54) is 0 Å². The van der Waals surface area contributed by atoms with Crippen LogP contribution in [0.4, 0.5) is 0 Å². The Hall–Kier alpha value is -2.30. The van der Waals surface area contributed by atoms with Gasteiger partial charge in [0, 0.05) is 48.8 Å². The zero-order valence-corrected chi connectivity index (χ0v) is 16.2. The molecule has 0 unspecified atom stereocenters. The van der Waals surface area contributed by atoms with Crippen molar-refractivity contribution in [2.45, 2.75) is 6.54 Å². The Morgan fingerprint density at radius 1 is 1.04 bits per heavy atom. The molecule has 5 heteroatoms. The Morgan fingerprint density at radius 3 is 2.42 bits per heavy atom. The van der Waals surface area contributed by atoms with Crippen LogP contribution in [0.25, 0.3) is 10.9 Å². The molecule has 3 rings (SSSR count). The molecule has 0 bridgehead atoms. The molecule has 0 atom stereocenters. The van der Waals surface area contributed by atoms with Crippen molar-refractivity contribution in [3.8, 4) is 0 Å². The summed E-state index contributed by atoms with van der Waals surface area (Å²) < 4.78 is 2.01. The lowest BCUT2D eigenvalue weighted by Crippen LogP contribution is -2.36. The molecule has 0 fully saturated rings. The normalized spacial score (nSPS) is 11.3. The first-order chi connectivity index (χ1) is 12.5. The summed E-state index contributed by atoms with van der Waals surface area (Å²) in [6, 6.07) is 15.7. The van der Waals surface area contributed by atoms with Crippen LogP contribution in [0.5, 0.6) is 0 Å². The average molecular weight is 370 g/mol. The van der Waals surface area contributed by atoms with Crippen molar-refractivity contribution in [1.82, 2.24) is 14.4 Å². The number of likely N-dealkylation sites (N-methyl/N-ethyl adjacent to an activating group) is 1. The molecule has 1 amide bonds. The van der Waals surface area contributed by atoms with Gasteiger partial charge in [0.05, 0.1) is 5.56 Å². The molecule has 136 valence electrons. The summed E-state index contributed by atoms with van der Waals surface area (Å²) in [5, 5.41) is 1.69. The quantitative estimate of drug-likeness (QED) is 0.656. The number of halogens is 1. The van der Waals surface area contributed by atoms with Crippen LogP contribution in [0.2, 0.25) is 5.02 Å². The van der Waals surface area contributed by atoms with E-state index in [9.17, 15) is 4.79 Å². The molecule has 4 nitrogen and oxygen atoms in total. The van der Waals surface area contributed by atoms with Crippen LogP contribution >= 0.6 is 11.6 Å². The van der Waals surface area contributed by atoms with Gasteiger partial charge in [-0.2, -0.15) is 0 Å². The highest BCUT2D eigenvalue weighted by atomic mass is 35.5. The minimum Gasteiger partial charge on any atom is -0.350 e. The Balaban J connectivity index is 1.91. The Labute approximate surface area is 159 Å². The SMILES string of the molecule is CN(C)CCN(Cc1ccc(Cl)cc1)C(=O)c1cn(C)c2ccccc12. The van der Waals surface area contributed by atoms with Gasteiger partial charge in [-0.1, -0.05) is 41.9 Å². The van der Waals surface area contributed by atoms with Gasteiger partial charge in [0.1, 0.15) is 0 Å². The highest BCUT2D eigenvalue weighted by Gasteiger charge is 2.20. The van der Waals surface area contributed by atoms with Crippen molar-refractivity contribution in [3.63, 3.8) is 0 Å². The van der Waals surface area contributed by atoms with Crippen LogP contribution in [-0.4, -0.2) is 47.5 Å². The number of amides is 1. The van der Waals surface area contributed by atoms with E-state index in [-0.39, 0.29) is 5.91 Å². The van der Waals surface area contributed by atoms with Gasteiger partial charge in [-0.15, -0.1) is 0 Å². The molecule has 0 spiro atoms. The van der Waals surface area contributed by atoms with E-state index in [1.807, 2.05) is 85.3 Å². The van der Waals surface area contributed by atoms with Crippen molar-refractivity contribution in [1.29, 1.82) is 0 Å². The Kier molecular flexibility index (Phi) is 5.64. The van der Waals surface area contributed by atoms with Crippen molar-refractivity contribution in [3.05, 3.63) is 70.9 Å². The lowest BCUT2D eigenvalue weighted by atomic mass is 10.1. The molecule has 1 heterocycles. The molecule has 0 saturated carbocycles. The molecule has 0 aliphatic rings. The Morgan fingerprint density at radius 2 is 1.73 bits per heavy atom. The number of rotatable bonds is 6. The number of aryl methyl sites for hydroxylation is 1. The highest BCUT2D eigenvalue weighted by Crippen LogP contribution is 2.22. The monoisotopic (exact) mass is 369 g/mol. The molecule has 3 aromatic rings. The molecule has 26 heavy (non-hydrogen) atoms. The predicted octanol–water partition coefficient (Wildman–Crippen LogP) is 4.04. The van der Waals surface area contributed by atoms with Gasteiger partial charge < -0.3 is 14.4 Å². The third-order valence-corrected chi connectivity index (χ3v) is 4.77. The van der Waals surface area contributed by atoms with Gasteiger partial charge in [0.2, 0.25) is 0 Å². The molecule has 0 aliphatic carbocycles. The predicted molar refractivity (Wildman–Crippen MR) is 108 cm³/mol. The smallest absolute Gasteiger partial charge is 0.256 e. The molecular formula is C21H24ClN3O. The number of aromatic nitrogens is 1. The maximum Gasteiger partial charge on any atom is 0.256 e. The number of carbonyl (C=O) groups is 1. The van der Waals surface area contributed by atoms with Gasteiger partial charge >= 0.3 is 0 Å². The van der Waals surface area contributed by atoms with E-state index in [1.54, 1.807) is 0 Å². The van der Waals surface area contributed by atoms with Gasteiger partial charge in [0.25, 0.3) is 5.91 Å². The molecule has 0 aliphatic heterocycles. The van der Waals surface area contributed by atoms with E-state index in [4.69, 9.17) is 11.6 Å². The average Bonchev–Trinajstić information content (AvgIpc) is 2.97. The van der Waals surface area contributed by atoms with Crippen LogP contribution in [0.3, 0.4) is 0 Å². The van der Waals surface area contributed by atoms with E-state index in [0.29, 0.717) is 18.1 Å². The molecule has 2 aromatic carbocycles. The lowest BCUT2D eigenvalue weighted by molar-refractivity contribution is 0.0734. The third-order valence-electron chi connectivity index (χ3n) is 4.52. The first kappa shape index (κ1) is 18.5. The topological polar surface area (TPSA) is 28.5 Å². The second-order valence-corrected chi connectivity index (χ2v) is 7.26. The van der Waals surface area contributed by atoms with Crippen molar-refractivity contribution < 1.29 is 4.79 Å². The summed E-state index contributed by atoms with van der Waals surface area (Å²) in [6.45, 7) is 2.04. The first-order valence-electron chi connectivity index (χ1n) is 8.68. The van der Waals surface area contributed by atoms with Gasteiger partial charge in [-0.3, -0.25) is 4.79 Å². The number of fused-ring (bicyclic) bond motifs is 1. The van der Waals surface area contributed by atoms with Crippen molar-refractivity contribution in [2.24, 2.45) is 7.05 Å². The summed E-state index contributed by atoms with van der Waals surface area (Å²) in [5.41, 5.74) is 2.88. The second-order valence-electron chi connectivity index (χ2n) is 6.83. The molecule has 1 aromatic heterocycles. The fourth-order valence-corrected chi connectivity index (χ4v) is 3.19. The van der Waals surface area contributed by atoms with Gasteiger partial charge in [0.15, 0.2) is 0 Å². The number of nitrogens with zero attached hydrogens (tertiary/aromatic N) is 3. The van der Waals surface area contributed by atoms with Crippen LogP contribution in [0, 0.1) is 0 Å². The van der Waals surface area contributed by atoms with E-state index >= 15 is 0 Å². The third kappa shape index (κ3) is 4.09. The van der Waals surface area contributed by atoms with Crippen LogP contribution in [0.1, 0.15) is 15.9 Å². The van der Waals surface area contributed by atoms with E-state index in [0.717, 1.165) is 28.6 Å². The minimum atomic E-state index is 0.0543. The second kappa shape index (κ2) is 7.94. The van der Waals surface area contributed by atoms with Gasteiger partial charge in [-0.25, -0.2) is 0 Å². The standard InChI is InChI=1S/C21H24ClN3O/c1-23(2)12-13-25(14-16-8-10-17(22)11-9-16)21(26)19-15-24(3)20-7-5-4-6-18(19)20/h4-11,15H,12-14H2,1-3H3. The summed E-state index contributed by atoms with van der Waals surface area (Å²) in [5.74, 6) is 0.0543. The summed E-state index contributed by atoms with van der Waals surface area (Å²) in [6.07, 6.45) is 1.93. The van der Waals surface area contributed by atoms with E-state index in [2.05, 4.69) is 4.90 Å². The number of hydrogen-bond acceptors (Lipinski definition) is 2. The number of hydrogen-bond donors (Lipinski definition) is 0. The number of carbonyl (C=O) groups excluding carboxylic acids is 1. The highest BCUT2D eigenvalue weighted by molar-refractivity contribution is 6.30. The zero-order valence-electron chi connectivity index (χ0n) is 15.4. The number of para-hydroxylation sites is 1. The molecule has 0 saturated heterocycles. The molecule has 0 radical (unpaired) electrons. The lowest BCUT2D eigenvalue weighted by Gasteiger charge is -2.24. The largest absolute Gasteiger partial charge is 0.350 e. The number of benzene rings is 2. The van der Waals surface area contributed by atoms with Crippen LogP contribution in [-0.2, 0) is 13.6 Å². The molecular weight excluding hydrogens is 346 g/mol. The van der Waals surface area contributed by atoms with E-state index < -0.39 is 0 Å². The van der Waals surface area contributed by atoms with Crippen LogP contribution in [0.15, 0.2) is 54.7 Å². The fraction of sp³-hybridized carbons (Fsp3) is 0.286. The van der Waals surface area contributed by atoms with Crippen LogP contribution < -0.4 is 0 Å². The van der Waals surface area contributed by atoms with Crippen molar-refractivity contribution >= 4 is 28.4 Å². The summed E-state index contributed by atoms with van der Waals surface area (Å²) in [4.78, 5) is 17.3. The maximum atomic E-state index is 13.3. The van der Waals surface area contributed by atoms with Crippen molar-refractivity contribution in [2.75, 3.05) is 27.2 Å². The fourth-order valence-electron chi connectivity index (χ4n) is 3.07. The first-order valence-corrected chi connectivity index (χ1v) is 9.06. The maximum absolute atomic E-state index is 13.3. The van der Waals surface area contributed by atoms with Gasteiger partial charge in [-0.05, 0) is 37.9 Å². The zero-order chi connectivity index (χ0) is 18.7.